The van der Waals surface area contributed by atoms with Gasteiger partial charge in [-0.25, -0.2) is 4.98 Å². The van der Waals surface area contributed by atoms with Crippen LogP contribution in [0.15, 0.2) is 6.20 Å². The Kier molecular flexibility index (Phi) is 4.04. The average molecular weight is 241 g/mol. The van der Waals surface area contributed by atoms with Crippen LogP contribution in [0.2, 0.25) is 0 Å². The second-order valence-corrected chi connectivity index (χ2v) is 6.01. The van der Waals surface area contributed by atoms with Gasteiger partial charge in [0.15, 0.2) is 0 Å². The van der Waals surface area contributed by atoms with Gasteiger partial charge < -0.3 is 10.6 Å². The van der Waals surface area contributed by atoms with Crippen molar-refractivity contribution in [2.24, 2.45) is 11.1 Å². The van der Waals surface area contributed by atoms with E-state index in [0.717, 1.165) is 5.01 Å². The highest BCUT2D eigenvalue weighted by Gasteiger charge is 2.22. The predicted octanol–water partition coefficient (Wildman–Crippen LogP) is 1.51. The largest absolute Gasteiger partial charge is 0.340 e. The number of carbonyl (C=O) groups excluding carboxylic acids is 1. The monoisotopic (exact) mass is 241 g/mol. The number of rotatable bonds is 4. The molecule has 16 heavy (non-hydrogen) atoms. The van der Waals surface area contributed by atoms with E-state index in [-0.39, 0.29) is 11.3 Å². The maximum Gasteiger partial charge on any atom is 0.265 e. The van der Waals surface area contributed by atoms with E-state index in [2.05, 4.69) is 18.8 Å². The fourth-order valence-electron chi connectivity index (χ4n) is 1.43. The Morgan fingerprint density at radius 2 is 2.25 bits per heavy atom. The molecule has 1 aromatic heterocycles. The van der Waals surface area contributed by atoms with Crippen molar-refractivity contribution in [1.29, 1.82) is 0 Å². The number of amides is 1. The van der Waals surface area contributed by atoms with Crippen molar-refractivity contribution in [3.8, 4) is 0 Å². The number of nitrogens with zero attached hydrogens (tertiary/aromatic N) is 2. The molecular weight excluding hydrogens is 222 g/mol. The lowest BCUT2D eigenvalue weighted by Gasteiger charge is -2.28. The zero-order chi connectivity index (χ0) is 12.3. The van der Waals surface area contributed by atoms with E-state index in [1.165, 1.54) is 11.3 Å². The highest BCUT2D eigenvalue weighted by Crippen LogP contribution is 2.18. The fraction of sp³-hybridized carbons (Fsp3) is 0.636. The van der Waals surface area contributed by atoms with Crippen LogP contribution >= 0.6 is 11.3 Å². The Labute approximate surface area is 100 Å². The molecule has 0 spiro atoms. The van der Waals surface area contributed by atoms with Crippen LogP contribution in [-0.2, 0) is 0 Å². The molecule has 0 saturated heterocycles. The van der Waals surface area contributed by atoms with Crippen LogP contribution in [0.25, 0.3) is 0 Å². The molecule has 5 heteroatoms. The third-order valence-electron chi connectivity index (χ3n) is 2.40. The Hall–Kier alpha value is -0.940. The molecule has 4 nitrogen and oxygen atoms in total. The highest BCUT2D eigenvalue weighted by molar-refractivity contribution is 7.13. The number of carbonyl (C=O) groups is 1. The summed E-state index contributed by atoms with van der Waals surface area (Å²) >= 11 is 1.42. The summed E-state index contributed by atoms with van der Waals surface area (Å²) in [7, 11) is 1.80. The molecule has 1 rings (SSSR count). The number of aromatic nitrogens is 1. The van der Waals surface area contributed by atoms with Crippen molar-refractivity contribution in [1.82, 2.24) is 9.88 Å². The van der Waals surface area contributed by atoms with Gasteiger partial charge in [-0.15, -0.1) is 11.3 Å². The lowest BCUT2D eigenvalue weighted by Crippen LogP contribution is -2.39. The van der Waals surface area contributed by atoms with Gasteiger partial charge in [0, 0.05) is 13.6 Å². The summed E-state index contributed by atoms with van der Waals surface area (Å²) in [6.45, 7) is 7.21. The number of nitrogens with two attached hydrogens (primary N) is 1. The van der Waals surface area contributed by atoms with Crippen molar-refractivity contribution in [3.63, 3.8) is 0 Å². The van der Waals surface area contributed by atoms with E-state index in [1.807, 2.05) is 6.92 Å². The van der Waals surface area contributed by atoms with Crippen LogP contribution in [0.3, 0.4) is 0 Å². The minimum absolute atomic E-state index is 0.0205. The van der Waals surface area contributed by atoms with E-state index in [9.17, 15) is 4.79 Å². The van der Waals surface area contributed by atoms with Crippen LogP contribution in [-0.4, -0.2) is 35.9 Å². The molecule has 1 aromatic rings. The van der Waals surface area contributed by atoms with Crippen LogP contribution < -0.4 is 5.73 Å². The van der Waals surface area contributed by atoms with Crippen molar-refractivity contribution >= 4 is 17.2 Å². The van der Waals surface area contributed by atoms with E-state index in [1.54, 1.807) is 18.1 Å². The standard InChI is InChI=1S/C11H19N3OS/c1-8-13-5-9(16-8)10(15)14(4)7-11(2,3)6-12/h5H,6-7,12H2,1-4H3. The molecule has 0 bridgehead atoms. The maximum absolute atomic E-state index is 12.0. The minimum Gasteiger partial charge on any atom is -0.340 e. The molecule has 2 N–H and O–H groups in total. The number of thiazole rings is 1. The van der Waals surface area contributed by atoms with Gasteiger partial charge in [0.2, 0.25) is 0 Å². The van der Waals surface area contributed by atoms with Crippen LogP contribution in [0.5, 0.6) is 0 Å². The molecule has 1 amide bonds. The molecule has 0 aliphatic carbocycles. The molecule has 0 saturated carbocycles. The highest BCUT2D eigenvalue weighted by atomic mass is 32.1. The Bertz CT molecular complexity index is 373. The third-order valence-corrected chi connectivity index (χ3v) is 3.30. The molecule has 0 radical (unpaired) electrons. The Morgan fingerprint density at radius 1 is 1.62 bits per heavy atom. The normalized spacial score (nSPS) is 11.6. The molecule has 0 atom stereocenters. The van der Waals surface area contributed by atoms with Crippen molar-refractivity contribution in [2.75, 3.05) is 20.1 Å². The number of hydrogen-bond donors (Lipinski definition) is 1. The van der Waals surface area contributed by atoms with E-state index < -0.39 is 0 Å². The minimum atomic E-state index is -0.0514. The quantitative estimate of drug-likeness (QED) is 0.869. The summed E-state index contributed by atoms with van der Waals surface area (Å²) in [6.07, 6.45) is 1.63. The predicted molar refractivity (Wildman–Crippen MR) is 66.6 cm³/mol. The summed E-state index contributed by atoms with van der Waals surface area (Å²) in [5, 5.41) is 0.912. The van der Waals surface area contributed by atoms with Crippen molar-refractivity contribution in [3.05, 3.63) is 16.1 Å². The van der Waals surface area contributed by atoms with Gasteiger partial charge >= 0.3 is 0 Å². The van der Waals surface area contributed by atoms with Gasteiger partial charge in [-0.05, 0) is 18.9 Å². The number of hydrogen-bond acceptors (Lipinski definition) is 4. The lowest BCUT2D eigenvalue weighted by molar-refractivity contribution is 0.0745. The SMILES string of the molecule is Cc1ncc(C(=O)N(C)CC(C)(C)CN)s1. The first-order chi connectivity index (χ1) is 7.35. The molecule has 1 heterocycles. The van der Waals surface area contributed by atoms with Crippen molar-refractivity contribution in [2.45, 2.75) is 20.8 Å². The molecule has 0 fully saturated rings. The zero-order valence-electron chi connectivity index (χ0n) is 10.3. The third kappa shape index (κ3) is 3.28. The summed E-state index contributed by atoms with van der Waals surface area (Å²) < 4.78 is 0. The smallest absolute Gasteiger partial charge is 0.265 e. The lowest BCUT2D eigenvalue weighted by atomic mass is 9.93. The summed E-state index contributed by atoms with van der Waals surface area (Å²) in [4.78, 5) is 18.5. The topological polar surface area (TPSA) is 59.2 Å². The first-order valence-electron chi connectivity index (χ1n) is 5.24. The van der Waals surface area contributed by atoms with Crippen LogP contribution in [0.4, 0.5) is 0 Å². The van der Waals surface area contributed by atoms with Crippen LogP contribution in [0.1, 0.15) is 28.5 Å². The van der Waals surface area contributed by atoms with E-state index >= 15 is 0 Å². The van der Waals surface area contributed by atoms with Gasteiger partial charge in [-0.2, -0.15) is 0 Å². The molecule has 0 aliphatic heterocycles. The maximum atomic E-state index is 12.0. The summed E-state index contributed by atoms with van der Waals surface area (Å²) in [5.41, 5.74) is 5.60. The summed E-state index contributed by atoms with van der Waals surface area (Å²) in [5.74, 6) is 0.0205. The van der Waals surface area contributed by atoms with Crippen molar-refractivity contribution < 1.29 is 4.79 Å². The average Bonchev–Trinajstić information content (AvgIpc) is 2.63. The molecule has 0 aromatic carbocycles. The van der Waals surface area contributed by atoms with Gasteiger partial charge in [0.25, 0.3) is 5.91 Å². The first kappa shape index (κ1) is 13.1. The molecule has 0 aliphatic rings. The zero-order valence-corrected chi connectivity index (χ0v) is 11.1. The van der Waals surface area contributed by atoms with E-state index in [4.69, 9.17) is 5.73 Å². The second-order valence-electron chi connectivity index (χ2n) is 4.77. The van der Waals surface area contributed by atoms with Gasteiger partial charge in [0.1, 0.15) is 4.88 Å². The van der Waals surface area contributed by atoms with Crippen LogP contribution in [0, 0.1) is 12.3 Å². The fourth-order valence-corrected chi connectivity index (χ4v) is 2.20. The molecule has 0 unspecified atom stereocenters. The Balaban J connectivity index is 2.68. The summed E-state index contributed by atoms with van der Waals surface area (Å²) in [6, 6.07) is 0. The second kappa shape index (κ2) is 4.93. The molecule has 90 valence electrons. The van der Waals surface area contributed by atoms with Gasteiger partial charge in [0.05, 0.1) is 11.2 Å². The van der Waals surface area contributed by atoms with Gasteiger partial charge in [-0.3, -0.25) is 4.79 Å². The Morgan fingerprint density at radius 3 is 2.69 bits per heavy atom. The molecular formula is C11H19N3OS. The number of aryl methyl sites for hydroxylation is 1. The van der Waals surface area contributed by atoms with Gasteiger partial charge in [-0.1, -0.05) is 13.8 Å². The van der Waals surface area contributed by atoms with E-state index in [0.29, 0.717) is 18.0 Å². The first-order valence-corrected chi connectivity index (χ1v) is 6.05.